The van der Waals surface area contributed by atoms with Gasteiger partial charge in [0, 0.05) is 28.9 Å². The van der Waals surface area contributed by atoms with E-state index in [-0.39, 0.29) is 24.3 Å². The maximum Gasteiger partial charge on any atom is 0.268 e. The summed E-state index contributed by atoms with van der Waals surface area (Å²) in [4.78, 5) is 31.2. The molecule has 2 aliphatic rings. The third-order valence-electron chi connectivity index (χ3n) is 6.28. The summed E-state index contributed by atoms with van der Waals surface area (Å²) in [5.74, 6) is 6.07. The molecule has 3 aromatic rings. The van der Waals surface area contributed by atoms with Gasteiger partial charge in [0.05, 0.1) is 12.8 Å². The Kier molecular flexibility index (Phi) is 3.73. The van der Waals surface area contributed by atoms with Gasteiger partial charge in [0.15, 0.2) is 5.54 Å². The Morgan fingerprint density at radius 3 is 2.66 bits per heavy atom. The molecule has 0 aliphatic carbocycles. The maximum absolute atomic E-state index is 13.2. The van der Waals surface area contributed by atoms with E-state index in [0.717, 1.165) is 32.8 Å². The second kappa shape index (κ2) is 6.09. The molecule has 5 rings (SSSR count). The summed E-state index contributed by atoms with van der Waals surface area (Å²) in [6.07, 6.45) is 0. The quantitative estimate of drug-likeness (QED) is 0.518. The topological polar surface area (TPSA) is 91.7 Å². The van der Waals surface area contributed by atoms with Gasteiger partial charge in [0.1, 0.15) is 12.3 Å². The normalized spacial score (nSPS) is 23.9. The number of aromatic amines is 1. The molecule has 7 heteroatoms. The average Bonchev–Trinajstić information content (AvgIpc) is 3.13. The average molecular weight is 390 g/mol. The molecule has 3 N–H and O–H groups in total. The van der Waals surface area contributed by atoms with Crippen molar-refractivity contribution in [1.82, 2.24) is 14.9 Å². The van der Waals surface area contributed by atoms with E-state index in [1.54, 1.807) is 18.9 Å². The Balaban J connectivity index is 1.83. The van der Waals surface area contributed by atoms with Crippen molar-refractivity contribution in [3.63, 3.8) is 0 Å². The molecule has 2 amide bonds. The summed E-state index contributed by atoms with van der Waals surface area (Å²) in [6, 6.07) is 15.8. The van der Waals surface area contributed by atoms with E-state index >= 15 is 0 Å². The lowest BCUT2D eigenvalue weighted by Gasteiger charge is -2.50. The number of nitrogens with one attached hydrogen (secondary N) is 1. The van der Waals surface area contributed by atoms with Crippen LogP contribution in [0.5, 0.6) is 5.75 Å². The van der Waals surface area contributed by atoms with Crippen LogP contribution >= 0.6 is 0 Å². The van der Waals surface area contributed by atoms with Gasteiger partial charge in [-0.3, -0.25) is 14.6 Å². The predicted octanol–water partition coefficient (Wildman–Crippen LogP) is 2.08. The fourth-order valence-electron chi connectivity index (χ4n) is 4.87. The van der Waals surface area contributed by atoms with Crippen molar-refractivity contribution in [3.05, 3.63) is 65.4 Å². The van der Waals surface area contributed by atoms with Gasteiger partial charge in [0.25, 0.3) is 5.91 Å². The van der Waals surface area contributed by atoms with Crippen molar-refractivity contribution in [2.24, 2.45) is 5.84 Å². The number of amides is 2. The fraction of sp³-hybridized carbons (Fsp3) is 0.273. The van der Waals surface area contributed by atoms with Crippen LogP contribution in [0.15, 0.2) is 48.5 Å². The fourth-order valence-corrected chi connectivity index (χ4v) is 4.87. The molecule has 2 atom stereocenters. The molecule has 2 unspecified atom stereocenters. The lowest BCUT2D eigenvalue weighted by molar-refractivity contribution is -0.166. The number of benzene rings is 2. The van der Waals surface area contributed by atoms with Gasteiger partial charge < -0.3 is 14.6 Å². The van der Waals surface area contributed by atoms with Crippen molar-refractivity contribution < 1.29 is 14.3 Å². The molecule has 0 bridgehead atoms. The van der Waals surface area contributed by atoms with Crippen LogP contribution in [0.2, 0.25) is 0 Å². The van der Waals surface area contributed by atoms with Gasteiger partial charge >= 0.3 is 0 Å². The second-order valence-corrected chi connectivity index (χ2v) is 7.76. The highest BCUT2D eigenvalue weighted by molar-refractivity contribution is 6.01. The first-order valence-electron chi connectivity index (χ1n) is 9.58. The first-order chi connectivity index (χ1) is 14.0. The summed E-state index contributed by atoms with van der Waals surface area (Å²) < 4.78 is 5.62. The highest BCUT2D eigenvalue weighted by Crippen LogP contribution is 2.49. The number of carbonyl (C=O) groups is 2. The molecule has 1 aromatic heterocycles. The molecule has 148 valence electrons. The minimum Gasteiger partial charge on any atom is -0.496 e. The molecule has 2 aromatic carbocycles. The van der Waals surface area contributed by atoms with E-state index in [9.17, 15) is 9.59 Å². The van der Waals surface area contributed by atoms with E-state index in [2.05, 4.69) is 4.98 Å². The second-order valence-electron chi connectivity index (χ2n) is 7.76. The first-order valence-corrected chi connectivity index (χ1v) is 9.58. The van der Waals surface area contributed by atoms with Crippen LogP contribution < -0.4 is 10.6 Å². The lowest BCUT2D eigenvalue weighted by atomic mass is 9.76. The molecular weight excluding hydrogens is 368 g/mol. The number of rotatable bonds is 2. The molecule has 1 saturated heterocycles. The molecule has 3 heterocycles. The zero-order valence-corrected chi connectivity index (χ0v) is 16.3. The van der Waals surface area contributed by atoms with Crippen molar-refractivity contribution in [1.29, 1.82) is 0 Å². The van der Waals surface area contributed by atoms with Crippen molar-refractivity contribution >= 4 is 22.7 Å². The van der Waals surface area contributed by atoms with Gasteiger partial charge in [0.2, 0.25) is 5.91 Å². The number of H-pyrrole nitrogens is 1. The lowest BCUT2D eigenvalue weighted by Crippen LogP contribution is -2.68. The number of hydrogen-bond donors (Lipinski definition) is 2. The number of carbonyl (C=O) groups excluding carboxylic acids is 2. The van der Waals surface area contributed by atoms with Crippen molar-refractivity contribution in [2.45, 2.75) is 18.4 Å². The van der Waals surface area contributed by atoms with Crippen LogP contribution in [0.1, 0.15) is 29.7 Å². The number of ether oxygens (including phenoxy) is 1. The number of aromatic nitrogens is 1. The van der Waals surface area contributed by atoms with Gasteiger partial charge in [-0.2, -0.15) is 0 Å². The molecule has 2 aliphatic heterocycles. The molecule has 0 radical (unpaired) electrons. The number of nitrogens with two attached hydrogens (primary N) is 1. The number of para-hydroxylation sites is 2. The van der Waals surface area contributed by atoms with Gasteiger partial charge in [-0.25, -0.2) is 5.84 Å². The number of fused-ring (bicyclic) bond motifs is 5. The van der Waals surface area contributed by atoms with Crippen LogP contribution in [-0.2, 0) is 15.1 Å². The van der Waals surface area contributed by atoms with Crippen LogP contribution in [0.25, 0.3) is 10.9 Å². The molecule has 7 nitrogen and oxygen atoms in total. The van der Waals surface area contributed by atoms with Gasteiger partial charge in [-0.05, 0) is 24.6 Å². The van der Waals surface area contributed by atoms with Crippen LogP contribution in [-0.4, -0.2) is 46.9 Å². The smallest absolute Gasteiger partial charge is 0.268 e. The third-order valence-corrected chi connectivity index (χ3v) is 6.28. The number of hydrogen-bond acceptors (Lipinski definition) is 4. The number of methoxy groups -OCH3 is 1. The van der Waals surface area contributed by atoms with E-state index in [4.69, 9.17) is 10.6 Å². The molecule has 0 saturated carbocycles. The summed E-state index contributed by atoms with van der Waals surface area (Å²) in [5, 5.41) is 2.06. The number of piperazine rings is 1. The Morgan fingerprint density at radius 1 is 1.14 bits per heavy atom. The Labute approximate surface area is 168 Å². The number of hydrazine groups is 1. The van der Waals surface area contributed by atoms with Crippen LogP contribution in [0, 0.1) is 0 Å². The minimum atomic E-state index is -1.17. The van der Waals surface area contributed by atoms with Crippen LogP contribution in [0.3, 0.4) is 0 Å². The molecule has 1 fully saturated rings. The van der Waals surface area contributed by atoms with Gasteiger partial charge in [-0.15, -0.1) is 0 Å². The summed E-state index contributed by atoms with van der Waals surface area (Å²) >= 11 is 0. The van der Waals surface area contributed by atoms with E-state index in [1.807, 2.05) is 48.5 Å². The summed E-state index contributed by atoms with van der Waals surface area (Å²) in [5.41, 5.74) is 2.47. The number of nitrogens with zero attached hydrogens (tertiary/aromatic N) is 2. The molecular formula is C22H22N4O3. The summed E-state index contributed by atoms with van der Waals surface area (Å²) in [6.45, 7) is 2.03. The summed E-state index contributed by atoms with van der Waals surface area (Å²) in [7, 11) is 1.64. The highest BCUT2D eigenvalue weighted by Gasteiger charge is 2.56. The first kappa shape index (κ1) is 17.8. The van der Waals surface area contributed by atoms with E-state index in [0.29, 0.717) is 12.2 Å². The largest absolute Gasteiger partial charge is 0.496 e. The minimum absolute atomic E-state index is 0.122. The van der Waals surface area contributed by atoms with E-state index < -0.39 is 5.54 Å². The third kappa shape index (κ3) is 2.28. The maximum atomic E-state index is 13.2. The van der Waals surface area contributed by atoms with Crippen molar-refractivity contribution in [2.75, 3.05) is 20.2 Å². The standard InChI is InChI=1S/C22H22N4O3/c1-22-20-19(14-8-3-5-9-16(14)24-20)15(13-7-4-6-10-17(13)29-2)11-25(22)18(27)12-26(23)21(22)28/h3-10,15,24H,11-12,23H2,1-2H3. The highest BCUT2D eigenvalue weighted by atomic mass is 16.5. The zero-order valence-electron chi connectivity index (χ0n) is 16.3. The van der Waals surface area contributed by atoms with E-state index in [1.165, 1.54) is 0 Å². The Bertz CT molecular complexity index is 1150. The van der Waals surface area contributed by atoms with Crippen molar-refractivity contribution in [3.8, 4) is 5.75 Å². The molecule has 29 heavy (non-hydrogen) atoms. The predicted molar refractivity (Wildman–Crippen MR) is 108 cm³/mol. The molecule has 0 spiro atoms. The Hall–Kier alpha value is -3.32. The monoisotopic (exact) mass is 390 g/mol. The van der Waals surface area contributed by atoms with Crippen LogP contribution in [0.4, 0.5) is 0 Å². The Morgan fingerprint density at radius 2 is 1.86 bits per heavy atom. The van der Waals surface area contributed by atoms with Gasteiger partial charge in [-0.1, -0.05) is 36.4 Å². The SMILES string of the molecule is COc1ccccc1C1CN2C(=O)CN(N)C(=O)C2(C)c2[nH]c3ccccc3c21. The zero-order chi connectivity index (χ0) is 20.3.